The smallest absolute Gasteiger partial charge is 0.320 e. The Balaban J connectivity index is 1.78. The van der Waals surface area contributed by atoms with Crippen LogP contribution in [-0.2, 0) is 6.54 Å². The first-order valence-corrected chi connectivity index (χ1v) is 11.4. The van der Waals surface area contributed by atoms with Crippen molar-refractivity contribution in [3.63, 3.8) is 0 Å². The second kappa shape index (κ2) is 8.98. The van der Waals surface area contributed by atoms with E-state index in [1.807, 2.05) is 109 Å². The molecule has 5 rings (SSSR count). The van der Waals surface area contributed by atoms with E-state index in [0.29, 0.717) is 17.7 Å². The molecule has 0 radical (unpaired) electrons. The number of nitrogens with zero attached hydrogens (tertiary/aromatic N) is 4. The number of rotatable bonds is 6. The zero-order valence-corrected chi connectivity index (χ0v) is 19.2. The van der Waals surface area contributed by atoms with Crippen LogP contribution in [0.5, 0.6) is 0 Å². The molecule has 2 heterocycles. The van der Waals surface area contributed by atoms with Gasteiger partial charge in [-0.3, -0.25) is 13.9 Å². The molecule has 0 fully saturated rings. The highest BCUT2D eigenvalue weighted by Crippen LogP contribution is 2.22. The summed E-state index contributed by atoms with van der Waals surface area (Å²) in [5.74, 6) is 0. The van der Waals surface area contributed by atoms with Gasteiger partial charge in [-0.15, -0.1) is 0 Å². The maximum atomic E-state index is 13.9. The van der Waals surface area contributed by atoms with E-state index in [4.69, 9.17) is 0 Å². The van der Waals surface area contributed by atoms with Gasteiger partial charge in [0.2, 0.25) is 0 Å². The summed E-state index contributed by atoms with van der Waals surface area (Å²) in [5.41, 5.74) is 3.05. The normalized spacial score (nSPS) is 13.1. The van der Waals surface area contributed by atoms with Crippen LogP contribution in [-0.4, -0.2) is 18.7 Å². The Labute approximate surface area is 197 Å². The molecule has 2 aromatic heterocycles. The molecule has 0 amide bonds. The molecule has 0 saturated carbocycles. The summed E-state index contributed by atoms with van der Waals surface area (Å²) in [6.07, 6.45) is 1.66. The van der Waals surface area contributed by atoms with Gasteiger partial charge < -0.3 is 4.57 Å². The van der Waals surface area contributed by atoms with Crippen molar-refractivity contribution in [2.45, 2.75) is 32.5 Å². The summed E-state index contributed by atoms with van der Waals surface area (Å²) >= 11 is 0. The standard InChI is InChI=1S/C28H26N4O2/c1-20(23-14-8-4-9-15-23)31-26-25(30(19-29-26)18-22-12-6-3-7-13-22)27(33)32(28(31)34)21(2)24-16-10-5-11-17-24/h3-17,19-21H,18H2,1-2H3. The number of hydrogen-bond acceptors (Lipinski definition) is 3. The van der Waals surface area contributed by atoms with E-state index in [1.54, 1.807) is 10.9 Å². The van der Waals surface area contributed by atoms with Crippen LogP contribution in [0.4, 0.5) is 0 Å². The van der Waals surface area contributed by atoms with Crippen LogP contribution in [0, 0.1) is 0 Å². The number of aromatic nitrogens is 4. The van der Waals surface area contributed by atoms with Crippen molar-refractivity contribution in [1.29, 1.82) is 0 Å². The Morgan fingerprint density at radius 3 is 1.76 bits per heavy atom. The van der Waals surface area contributed by atoms with Crippen LogP contribution in [0.3, 0.4) is 0 Å². The highest BCUT2D eigenvalue weighted by atomic mass is 16.2. The predicted octanol–water partition coefficient (Wildman–Crippen LogP) is 4.63. The Bertz CT molecular complexity index is 1530. The number of imidazole rings is 1. The molecule has 34 heavy (non-hydrogen) atoms. The van der Waals surface area contributed by atoms with E-state index in [2.05, 4.69) is 4.98 Å². The average Bonchev–Trinajstić information content (AvgIpc) is 3.29. The second-order valence-corrected chi connectivity index (χ2v) is 8.53. The van der Waals surface area contributed by atoms with Gasteiger partial charge in [-0.2, -0.15) is 0 Å². The lowest BCUT2D eigenvalue weighted by Gasteiger charge is -2.21. The zero-order chi connectivity index (χ0) is 23.7. The second-order valence-electron chi connectivity index (χ2n) is 8.53. The fraction of sp³-hybridized carbons (Fsp3) is 0.179. The molecule has 2 unspecified atom stereocenters. The minimum atomic E-state index is -0.431. The van der Waals surface area contributed by atoms with Crippen LogP contribution in [0.15, 0.2) is 107 Å². The van der Waals surface area contributed by atoms with Crippen molar-refractivity contribution < 1.29 is 0 Å². The van der Waals surface area contributed by atoms with Crippen LogP contribution >= 0.6 is 0 Å². The Hall–Kier alpha value is -4.19. The fourth-order valence-corrected chi connectivity index (χ4v) is 4.53. The van der Waals surface area contributed by atoms with Crippen molar-refractivity contribution in [2.75, 3.05) is 0 Å². The number of fused-ring (bicyclic) bond motifs is 1. The Morgan fingerprint density at radius 2 is 1.21 bits per heavy atom. The topological polar surface area (TPSA) is 61.8 Å². The van der Waals surface area contributed by atoms with Crippen LogP contribution in [0.2, 0.25) is 0 Å². The molecular formula is C28H26N4O2. The van der Waals surface area contributed by atoms with Crippen molar-refractivity contribution >= 4 is 11.2 Å². The van der Waals surface area contributed by atoms with Gasteiger partial charge in [0.05, 0.1) is 18.4 Å². The van der Waals surface area contributed by atoms with Gasteiger partial charge in [0.15, 0.2) is 11.2 Å². The van der Waals surface area contributed by atoms with Crippen LogP contribution in [0.25, 0.3) is 11.2 Å². The maximum Gasteiger partial charge on any atom is 0.333 e. The highest BCUT2D eigenvalue weighted by molar-refractivity contribution is 5.70. The zero-order valence-electron chi connectivity index (χ0n) is 19.2. The molecule has 0 aliphatic rings. The number of benzene rings is 3. The number of hydrogen-bond donors (Lipinski definition) is 0. The van der Waals surface area contributed by atoms with E-state index in [0.717, 1.165) is 16.7 Å². The molecule has 170 valence electrons. The molecule has 2 atom stereocenters. The van der Waals surface area contributed by atoms with Gasteiger partial charge in [-0.05, 0) is 30.5 Å². The van der Waals surface area contributed by atoms with Crippen LogP contribution in [0.1, 0.15) is 42.6 Å². The molecular weight excluding hydrogens is 424 g/mol. The molecule has 0 bridgehead atoms. The van der Waals surface area contributed by atoms with Crippen molar-refractivity contribution in [2.24, 2.45) is 0 Å². The van der Waals surface area contributed by atoms with Gasteiger partial charge in [-0.1, -0.05) is 91.0 Å². The third-order valence-corrected chi connectivity index (χ3v) is 6.41. The van der Waals surface area contributed by atoms with E-state index < -0.39 is 6.04 Å². The summed E-state index contributed by atoms with van der Waals surface area (Å²) in [6, 6.07) is 28.6. The maximum absolute atomic E-state index is 13.9. The van der Waals surface area contributed by atoms with Gasteiger partial charge in [-0.25, -0.2) is 9.78 Å². The van der Waals surface area contributed by atoms with E-state index in [9.17, 15) is 9.59 Å². The summed E-state index contributed by atoms with van der Waals surface area (Å²) in [5, 5.41) is 0. The minimum absolute atomic E-state index is 0.300. The first kappa shape index (κ1) is 21.6. The SMILES string of the molecule is CC(c1ccccc1)n1c(=O)c2c(ncn2Cc2ccccc2)n(C(C)c2ccccc2)c1=O. The van der Waals surface area contributed by atoms with E-state index in [1.165, 1.54) is 4.57 Å². The Morgan fingerprint density at radius 1 is 0.706 bits per heavy atom. The summed E-state index contributed by atoms with van der Waals surface area (Å²) in [4.78, 5) is 32.3. The summed E-state index contributed by atoms with van der Waals surface area (Å²) in [6.45, 7) is 4.35. The summed E-state index contributed by atoms with van der Waals surface area (Å²) in [7, 11) is 0. The first-order valence-electron chi connectivity index (χ1n) is 11.4. The third-order valence-electron chi connectivity index (χ3n) is 6.41. The van der Waals surface area contributed by atoms with E-state index in [-0.39, 0.29) is 17.3 Å². The van der Waals surface area contributed by atoms with Gasteiger partial charge in [0.1, 0.15) is 0 Å². The predicted molar refractivity (Wildman–Crippen MR) is 134 cm³/mol. The van der Waals surface area contributed by atoms with Crippen LogP contribution < -0.4 is 11.2 Å². The molecule has 5 aromatic rings. The molecule has 0 N–H and O–H groups in total. The minimum Gasteiger partial charge on any atom is -0.320 e. The molecule has 0 aliphatic heterocycles. The lowest BCUT2D eigenvalue weighted by molar-refractivity contribution is 0.515. The lowest BCUT2D eigenvalue weighted by atomic mass is 10.1. The fourth-order valence-electron chi connectivity index (χ4n) is 4.53. The van der Waals surface area contributed by atoms with Gasteiger partial charge >= 0.3 is 5.69 Å². The van der Waals surface area contributed by atoms with Gasteiger partial charge in [0.25, 0.3) is 5.56 Å². The van der Waals surface area contributed by atoms with Crippen molar-refractivity contribution in [3.05, 3.63) is 135 Å². The highest BCUT2D eigenvalue weighted by Gasteiger charge is 2.25. The average molecular weight is 451 g/mol. The van der Waals surface area contributed by atoms with Crippen molar-refractivity contribution in [3.8, 4) is 0 Å². The Kier molecular flexibility index (Phi) is 5.72. The van der Waals surface area contributed by atoms with E-state index >= 15 is 0 Å². The molecule has 0 saturated heterocycles. The largest absolute Gasteiger partial charge is 0.333 e. The first-order chi connectivity index (χ1) is 16.6. The van der Waals surface area contributed by atoms with Gasteiger partial charge in [0, 0.05) is 6.54 Å². The lowest BCUT2D eigenvalue weighted by Crippen LogP contribution is -2.43. The molecule has 6 heteroatoms. The molecule has 6 nitrogen and oxygen atoms in total. The molecule has 0 aliphatic carbocycles. The third kappa shape index (κ3) is 3.77. The summed E-state index contributed by atoms with van der Waals surface area (Å²) < 4.78 is 4.85. The molecule has 3 aromatic carbocycles. The monoisotopic (exact) mass is 450 g/mol. The molecule has 0 spiro atoms. The quantitative estimate of drug-likeness (QED) is 0.379. The van der Waals surface area contributed by atoms with Crippen molar-refractivity contribution in [1.82, 2.24) is 18.7 Å².